The van der Waals surface area contributed by atoms with Gasteiger partial charge in [0.2, 0.25) is 0 Å². The maximum absolute atomic E-state index is 12.3. The predicted molar refractivity (Wildman–Crippen MR) is 90.9 cm³/mol. The number of aromatic nitrogens is 1. The average Bonchev–Trinajstić information content (AvgIpc) is 2.48. The number of aromatic hydroxyl groups is 1. The first-order valence-corrected chi connectivity index (χ1v) is 7.02. The molecule has 2 N–H and O–H groups in total. The molecule has 0 unspecified atom stereocenters. The molecule has 1 aromatic heterocycles. The summed E-state index contributed by atoms with van der Waals surface area (Å²) in [5.41, 5.74) is 2.95. The van der Waals surface area contributed by atoms with Gasteiger partial charge in [0.05, 0.1) is 0 Å². The smallest absolute Gasteiger partial charge is 0.251 e. The minimum atomic E-state index is -0.151. The molecule has 0 saturated carbocycles. The molecule has 0 atom stereocenters. The summed E-state index contributed by atoms with van der Waals surface area (Å²) in [6, 6.07) is 16.2. The number of phenols is 1. The van der Waals surface area contributed by atoms with Gasteiger partial charge in [0.15, 0.2) is 0 Å². The number of nitrogens with zero attached hydrogens (tertiary/aromatic N) is 1. The summed E-state index contributed by atoms with van der Waals surface area (Å²) in [6.07, 6.45) is 0. The van der Waals surface area contributed by atoms with E-state index in [9.17, 15) is 9.90 Å². The topological polar surface area (TPSA) is 56.3 Å². The molecule has 0 saturated heterocycles. The first kappa shape index (κ1) is 15.6. The van der Waals surface area contributed by atoms with E-state index in [1.54, 1.807) is 31.2 Å². The highest BCUT2D eigenvalue weighted by Crippen LogP contribution is 2.18. The molecule has 0 amide bonds. The molecule has 114 valence electrons. The molecule has 4 nitrogen and oxygen atoms in total. The summed E-state index contributed by atoms with van der Waals surface area (Å²) in [6.45, 7) is 1.78. The van der Waals surface area contributed by atoms with Crippen LogP contribution in [0.4, 0.5) is 5.69 Å². The number of benzene rings is 1. The van der Waals surface area contributed by atoms with Gasteiger partial charge >= 0.3 is 0 Å². The first-order valence-electron chi connectivity index (χ1n) is 7.02. The van der Waals surface area contributed by atoms with E-state index in [0.717, 1.165) is 11.3 Å². The van der Waals surface area contributed by atoms with Gasteiger partial charge in [0.25, 0.3) is 5.56 Å². The predicted octanol–water partition coefficient (Wildman–Crippen LogP) is 3.25. The van der Waals surface area contributed by atoms with Crippen molar-refractivity contribution in [3.05, 3.63) is 70.5 Å². The summed E-state index contributed by atoms with van der Waals surface area (Å²) in [5.74, 6) is 0.195. The van der Waals surface area contributed by atoms with Gasteiger partial charge in [0.1, 0.15) is 5.75 Å². The van der Waals surface area contributed by atoms with E-state index in [1.807, 2.05) is 49.3 Å². The SMILES string of the molecule is Cc1cc(N(C)C)ccccc(-c2ccc(O)cc2)[nH]c1=O. The number of rotatable bonds is 2. The summed E-state index contributed by atoms with van der Waals surface area (Å²) in [7, 11) is 3.87. The summed E-state index contributed by atoms with van der Waals surface area (Å²) >= 11 is 0. The maximum Gasteiger partial charge on any atom is 0.251 e. The normalized spacial score (nSPS) is 9.95. The Morgan fingerprint density at radius 2 is 1.64 bits per heavy atom. The van der Waals surface area contributed by atoms with Gasteiger partial charge in [-0.2, -0.15) is 0 Å². The van der Waals surface area contributed by atoms with Gasteiger partial charge in [-0.25, -0.2) is 0 Å². The van der Waals surface area contributed by atoms with Crippen LogP contribution in [0.5, 0.6) is 5.75 Å². The van der Waals surface area contributed by atoms with Crippen molar-refractivity contribution in [3.63, 3.8) is 0 Å². The van der Waals surface area contributed by atoms with Crippen molar-refractivity contribution < 1.29 is 5.11 Å². The minimum absolute atomic E-state index is 0.151. The highest BCUT2D eigenvalue weighted by atomic mass is 16.3. The van der Waals surface area contributed by atoms with Gasteiger partial charge in [-0.3, -0.25) is 4.79 Å². The molecule has 0 aliphatic rings. The van der Waals surface area contributed by atoms with E-state index in [4.69, 9.17) is 0 Å². The first-order chi connectivity index (χ1) is 10.5. The second-order valence-electron chi connectivity index (χ2n) is 5.28. The van der Waals surface area contributed by atoms with Crippen LogP contribution in [0.1, 0.15) is 5.56 Å². The maximum atomic E-state index is 12.3. The average molecular weight is 296 g/mol. The number of nitrogens with one attached hydrogen (secondary N) is 1. The summed E-state index contributed by atoms with van der Waals surface area (Å²) in [4.78, 5) is 17.2. The lowest BCUT2D eigenvalue weighted by Gasteiger charge is -2.10. The lowest BCUT2D eigenvalue weighted by molar-refractivity contribution is 0.475. The third-order valence-electron chi connectivity index (χ3n) is 3.31. The van der Waals surface area contributed by atoms with Crippen LogP contribution in [-0.4, -0.2) is 24.2 Å². The minimum Gasteiger partial charge on any atom is -0.508 e. The second-order valence-corrected chi connectivity index (χ2v) is 5.28. The van der Waals surface area contributed by atoms with E-state index in [-0.39, 0.29) is 11.3 Å². The van der Waals surface area contributed by atoms with Crippen LogP contribution in [-0.2, 0) is 0 Å². The lowest BCUT2D eigenvalue weighted by Crippen LogP contribution is -2.11. The molecule has 0 spiro atoms. The second kappa shape index (κ2) is 6.80. The molecule has 1 heterocycles. The zero-order valence-electron chi connectivity index (χ0n) is 13.0. The Bertz CT molecular complexity index is 761. The number of hydrogen-bond donors (Lipinski definition) is 2. The molecule has 0 fully saturated rings. The zero-order valence-corrected chi connectivity index (χ0v) is 13.0. The van der Waals surface area contributed by atoms with Gasteiger partial charge in [-0.05, 0) is 55.0 Å². The Morgan fingerprint density at radius 3 is 2.27 bits per heavy atom. The number of anilines is 1. The Balaban J connectivity index is 2.66. The fraction of sp³-hybridized carbons (Fsp3) is 0.167. The van der Waals surface area contributed by atoms with E-state index >= 15 is 0 Å². The Labute approximate surface area is 130 Å². The standard InChI is InChI=1S/C18H20N2O2/c1-13-12-15(20(2)3)6-4-5-7-17(19-18(13)22)14-8-10-16(21)11-9-14/h4-12,21H,1-3H3,(H,19,22). The number of aryl methyl sites for hydroxylation is 1. The molecule has 0 aliphatic heterocycles. The fourth-order valence-electron chi connectivity index (χ4n) is 1.99. The van der Waals surface area contributed by atoms with Gasteiger partial charge in [-0.15, -0.1) is 0 Å². The Hall–Kier alpha value is -2.75. The third kappa shape index (κ3) is 3.88. The molecule has 0 radical (unpaired) electrons. The number of aromatic amines is 1. The van der Waals surface area contributed by atoms with Crippen LogP contribution < -0.4 is 10.5 Å². The molecular weight excluding hydrogens is 276 g/mol. The highest BCUT2D eigenvalue weighted by molar-refractivity contribution is 5.59. The van der Waals surface area contributed by atoms with Crippen molar-refractivity contribution >= 4 is 5.69 Å². The van der Waals surface area contributed by atoms with Crippen molar-refractivity contribution in [1.29, 1.82) is 0 Å². The van der Waals surface area contributed by atoms with Crippen LogP contribution in [0.15, 0.2) is 59.4 Å². The highest BCUT2D eigenvalue weighted by Gasteiger charge is 1.99. The van der Waals surface area contributed by atoms with E-state index in [1.165, 1.54) is 0 Å². The molecule has 22 heavy (non-hydrogen) atoms. The number of H-pyrrole nitrogens is 1. The molecule has 4 heteroatoms. The monoisotopic (exact) mass is 296 g/mol. The third-order valence-corrected chi connectivity index (χ3v) is 3.31. The van der Waals surface area contributed by atoms with Crippen molar-refractivity contribution in [3.8, 4) is 17.0 Å². The van der Waals surface area contributed by atoms with Crippen molar-refractivity contribution in [2.24, 2.45) is 0 Å². The molecule has 1 aromatic carbocycles. The molecule has 2 aromatic rings. The van der Waals surface area contributed by atoms with E-state index < -0.39 is 0 Å². The van der Waals surface area contributed by atoms with Crippen LogP contribution in [0, 0.1) is 6.92 Å². The quantitative estimate of drug-likeness (QED) is 0.894. The van der Waals surface area contributed by atoms with Crippen LogP contribution in [0.25, 0.3) is 11.3 Å². The molecule has 0 aliphatic carbocycles. The van der Waals surface area contributed by atoms with Crippen LogP contribution >= 0.6 is 0 Å². The number of phenolic OH excluding ortho intramolecular Hbond substituents is 1. The van der Waals surface area contributed by atoms with Crippen molar-refractivity contribution in [1.82, 2.24) is 4.98 Å². The van der Waals surface area contributed by atoms with Crippen molar-refractivity contribution in [2.75, 3.05) is 19.0 Å². The van der Waals surface area contributed by atoms with E-state index in [2.05, 4.69) is 4.98 Å². The molecular formula is C18H20N2O2. The van der Waals surface area contributed by atoms with Crippen LogP contribution in [0.3, 0.4) is 0 Å². The summed E-state index contributed by atoms with van der Waals surface area (Å²) < 4.78 is 0. The van der Waals surface area contributed by atoms with Gasteiger partial charge < -0.3 is 15.0 Å². The van der Waals surface area contributed by atoms with Gasteiger partial charge in [0, 0.05) is 31.0 Å². The van der Waals surface area contributed by atoms with Gasteiger partial charge in [-0.1, -0.05) is 12.1 Å². The van der Waals surface area contributed by atoms with E-state index in [0.29, 0.717) is 11.3 Å². The molecule has 2 rings (SSSR count). The molecule has 0 bridgehead atoms. The number of hydrogen-bond acceptors (Lipinski definition) is 3. The lowest BCUT2D eigenvalue weighted by atomic mass is 10.1. The van der Waals surface area contributed by atoms with Crippen LogP contribution in [0.2, 0.25) is 0 Å². The Kier molecular flexibility index (Phi) is 4.84. The van der Waals surface area contributed by atoms with Crippen molar-refractivity contribution in [2.45, 2.75) is 6.92 Å². The zero-order chi connectivity index (χ0) is 16.1. The largest absolute Gasteiger partial charge is 0.508 e. The fourth-order valence-corrected chi connectivity index (χ4v) is 1.99. The summed E-state index contributed by atoms with van der Waals surface area (Å²) in [5, 5.41) is 9.37. The Morgan fingerprint density at radius 1 is 1.00 bits per heavy atom.